The molecule has 1 N–H and O–H groups in total. The van der Waals surface area contributed by atoms with Gasteiger partial charge in [0, 0.05) is 5.92 Å². The van der Waals surface area contributed by atoms with E-state index in [9.17, 15) is 9.50 Å². The highest BCUT2D eigenvalue weighted by Gasteiger charge is 2.41. The molecule has 0 aromatic heterocycles. The fraction of sp³-hybridized carbons (Fsp3) is 0.333. The summed E-state index contributed by atoms with van der Waals surface area (Å²) in [7, 11) is 0. The zero-order valence-electron chi connectivity index (χ0n) is 11.4. The summed E-state index contributed by atoms with van der Waals surface area (Å²) >= 11 is 0. The molecule has 1 aliphatic rings. The van der Waals surface area contributed by atoms with Crippen LogP contribution in [0.15, 0.2) is 54.6 Å². The molecule has 0 saturated heterocycles. The molecule has 1 fully saturated rings. The van der Waals surface area contributed by atoms with E-state index >= 15 is 0 Å². The smallest absolute Gasteiger partial charge is 0.123 e. The molecule has 1 nitrogen and oxygen atoms in total. The maximum absolute atomic E-state index is 13.1. The lowest BCUT2D eigenvalue weighted by atomic mass is 9.69. The molecule has 0 radical (unpaired) electrons. The highest BCUT2D eigenvalue weighted by atomic mass is 19.1. The molecule has 0 aliphatic heterocycles. The van der Waals surface area contributed by atoms with Gasteiger partial charge in [0.2, 0.25) is 0 Å². The monoisotopic (exact) mass is 270 g/mol. The lowest BCUT2D eigenvalue weighted by Gasteiger charge is -2.41. The predicted molar refractivity (Wildman–Crippen MR) is 77.9 cm³/mol. The Morgan fingerprint density at radius 3 is 2.35 bits per heavy atom. The molecule has 2 unspecified atom stereocenters. The zero-order valence-corrected chi connectivity index (χ0v) is 11.4. The van der Waals surface area contributed by atoms with Gasteiger partial charge in [0.05, 0.1) is 5.60 Å². The van der Waals surface area contributed by atoms with Gasteiger partial charge < -0.3 is 5.11 Å². The summed E-state index contributed by atoms with van der Waals surface area (Å²) in [5, 5.41) is 11.2. The van der Waals surface area contributed by atoms with Crippen molar-refractivity contribution in [1.82, 2.24) is 0 Å². The van der Waals surface area contributed by atoms with Gasteiger partial charge in [-0.15, -0.1) is 0 Å². The molecule has 20 heavy (non-hydrogen) atoms. The molecular weight excluding hydrogens is 251 g/mol. The Kier molecular flexibility index (Phi) is 3.58. The van der Waals surface area contributed by atoms with Crippen LogP contribution in [0.5, 0.6) is 0 Å². The maximum atomic E-state index is 13.1. The van der Waals surface area contributed by atoms with Crippen LogP contribution in [0.25, 0.3) is 0 Å². The van der Waals surface area contributed by atoms with E-state index in [1.165, 1.54) is 17.7 Å². The highest BCUT2D eigenvalue weighted by molar-refractivity contribution is 5.32. The summed E-state index contributed by atoms with van der Waals surface area (Å²) < 4.78 is 13.1. The Bertz CT molecular complexity index is 564. The van der Waals surface area contributed by atoms with Gasteiger partial charge in [0.15, 0.2) is 0 Å². The van der Waals surface area contributed by atoms with E-state index in [0.29, 0.717) is 0 Å². The quantitative estimate of drug-likeness (QED) is 0.859. The van der Waals surface area contributed by atoms with Crippen LogP contribution in [-0.2, 0) is 5.60 Å². The van der Waals surface area contributed by atoms with Crippen molar-refractivity contribution in [1.29, 1.82) is 0 Å². The van der Waals surface area contributed by atoms with Gasteiger partial charge in [-0.25, -0.2) is 4.39 Å². The second-order valence-electron chi connectivity index (χ2n) is 5.64. The maximum Gasteiger partial charge on any atom is 0.123 e. The summed E-state index contributed by atoms with van der Waals surface area (Å²) in [6.45, 7) is 0. The Labute approximate surface area is 119 Å². The van der Waals surface area contributed by atoms with Gasteiger partial charge in [0.1, 0.15) is 5.82 Å². The van der Waals surface area contributed by atoms with Gasteiger partial charge in [-0.05, 0) is 36.1 Å². The fourth-order valence-corrected chi connectivity index (χ4v) is 3.37. The summed E-state index contributed by atoms with van der Waals surface area (Å²) in [4.78, 5) is 0. The van der Waals surface area contributed by atoms with Gasteiger partial charge in [0.25, 0.3) is 0 Å². The van der Waals surface area contributed by atoms with Crippen molar-refractivity contribution < 1.29 is 9.50 Å². The summed E-state index contributed by atoms with van der Waals surface area (Å²) in [5.74, 6) is -0.174. The van der Waals surface area contributed by atoms with Crippen LogP contribution >= 0.6 is 0 Å². The number of aliphatic hydroxyl groups is 1. The molecule has 3 rings (SSSR count). The first-order chi connectivity index (χ1) is 9.70. The number of rotatable bonds is 2. The Morgan fingerprint density at radius 2 is 1.65 bits per heavy atom. The van der Waals surface area contributed by atoms with Gasteiger partial charge >= 0.3 is 0 Å². The van der Waals surface area contributed by atoms with Crippen molar-refractivity contribution in [2.75, 3.05) is 0 Å². The number of hydrogen-bond acceptors (Lipinski definition) is 1. The third-order valence-electron chi connectivity index (χ3n) is 4.42. The largest absolute Gasteiger partial charge is 0.385 e. The van der Waals surface area contributed by atoms with Crippen LogP contribution in [0.4, 0.5) is 4.39 Å². The highest BCUT2D eigenvalue weighted by Crippen LogP contribution is 2.47. The Hall–Kier alpha value is -1.67. The first kappa shape index (κ1) is 13.3. The lowest BCUT2D eigenvalue weighted by Crippen LogP contribution is -2.36. The van der Waals surface area contributed by atoms with E-state index in [0.717, 1.165) is 31.2 Å². The van der Waals surface area contributed by atoms with Crippen LogP contribution < -0.4 is 0 Å². The van der Waals surface area contributed by atoms with Crippen LogP contribution in [0.1, 0.15) is 42.7 Å². The normalized spacial score (nSPS) is 26.4. The molecule has 2 aromatic rings. The van der Waals surface area contributed by atoms with Crippen LogP contribution in [0, 0.1) is 5.82 Å². The minimum absolute atomic E-state index is 0.0860. The van der Waals surface area contributed by atoms with E-state index in [4.69, 9.17) is 0 Å². The van der Waals surface area contributed by atoms with E-state index < -0.39 is 5.60 Å². The summed E-state index contributed by atoms with van der Waals surface area (Å²) in [6.07, 6.45) is 3.84. The van der Waals surface area contributed by atoms with Crippen LogP contribution in [-0.4, -0.2) is 5.11 Å². The summed E-state index contributed by atoms with van der Waals surface area (Å²) in [6, 6.07) is 16.5. The molecule has 2 atom stereocenters. The Balaban J connectivity index is 2.01. The molecule has 2 aromatic carbocycles. The van der Waals surface area contributed by atoms with Gasteiger partial charge in [-0.1, -0.05) is 55.3 Å². The van der Waals surface area contributed by atoms with E-state index in [-0.39, 0.29) is 11.7 Å². The van der Waals surface area contributed by atoms with Gasteiger partial charge in [-0.2, -0.15) is 0 Å². The van der Waals surface area contributed by atoms with E-state index in [2.05, 4.69) is 12.1 Å². The SMILES string of the molecule is OC1(c2ccc(F)cc2)CCCCC1c1ccccc1. The Morgan fingerprint density at radius 1 is 0.950 bits per heavy atom. The van der Waals surface area contributed by atoms with Crippen molar-refractivity contribution in [3.8, 4) is 0 Å². The van der Waals surface area contributed by atoms with Crippen LogP contribution in [0.2, 0.25) is 0 Å². The van der Waals surface area contributed by atoms with Crippen LogP contribution in [0.3, 0.4) is 0 Å². The molecule has 0 amide bonds. The second kappa shape index (κ2) is 5.37. The summed E-state index contributed by atoms with van der Waals surface area (Å²) in [5.41, 5.74) is 1.11. The number of hydrogen-bond donors (Lipinski definition) is 1. The third-order valence-corrected chi connectivity index (χ3v) is 4.42. The van der Waals surface area contributed by atoms with E-state index in [1.54, 1.807) is 12.1 Å². The van der Waals surface area contributed by atoms with Crippen molar-refractivity contribution >= 4 is 0 Å². The molecule has 2 heteroatoms. The molecule has 0 heterocycles. The van der Waals surface area contributed by atoms with Crippen molar-refractivity contribution in [3.05, 3.63) is 71.5 Å². The standard InChI is InChI=1S/C18H19FO/c19-16-11-9-15(10-12-16)18(20)13-5-4-8-17(18)14-6-2-1-3-7-14/h1-3,6-7,9-12,17,20H,4-5,8,13H2. The molecule has 1 saturated carbocycles. The molecule has 0 spiro atoms. The molecule has 0 bridgehead atoms. The van der Waals surface area contributed by atoms with Gasteiger partial charge in [-0.3, -0.25) is 0 Å². The average Bonchev–Trinajstić information content (AvgIpc) is 2.49. The fourth-order valence-electron chi connectivity index (χ4n) is 3.37. The molecular formula is C18H19FO. The van der Waals surface area contributed by atoms with Crippen molar-refractivity contribution in [3.63, 3.8) is 0 Å². The first-order valence-electron chi connectivity index (χ1n) is 7.23. The first-order valence-corrected chi connectivity index (χ1v) is 7.23. The third kappa shape index (κ3) is 2.36. The zero-order chi connectivity index (χ0) is 14.0. The molecule has 1 aliphatic carbocycles. The predicted octanol–water partition coefficient (Wildman–Crippen LogP) is 4.37. The molecule has 104 valence electrons. The van der Waals surface area contributed by atoms with Crippen molar-refractivity contribution in [2.24, 2.45) is 0 Å². The number of benzene rings is 2. The van der Waals surface area contributed by atoms with E-state index in [1.807, 2.05) is 18.2 Å². The lowest BCUT2D eigenvalue weighted by molar-refractivity contribution is -0.0225. The van der Waals surface area contributed by atoms with Crippen molar-refractivity contribution in [2.45, 2.75) is 37.2 Å². The minimum Gasteiger partial charge on any atom is -0.385 e. The second-order valence-corrected chi connectivity index (χ2v) is 5.64. The number of halogens is 1. The topological polar surface area (TPSA) is 20.2 Å². The average molecular weight is 270 g/mol. The minimum atomic E-state index is -0.882.